The Morgan fingerprint density at radius 3 is 1.59 bits per heavy atom. The van der Waals surface area contributed by atoms with Gasteiger partial charge in [-0.15, -0.1) is 0 Å². The van der Waals surface area contributed by atoms with Crippen molar-refractivity contribution in [2.45, 2.75) is 19.8 Å². The highest BCUT2D eigenvalue weighted by Crippen LogP contribution is 2.42. The first-order valence-electron chi connectivity index (χ1n) is 12.5. The zero-order valence-corrected chi connectivity index (χ0v) is 21.2. The molecule has 7 nitrogen and oxygen atoms in total. The predicted octanol–water partition coefficient (Wildman–Crippen LogP) is 6.47. The first-order chi connectivity index (χ1) is 19.3. The quantitative estimate of drug-likeness (QED) is 0.216. The van der Waals surface area contributed by atoms with Gasteiger partial charge >= 0.3 is 0 Å². The summed E-state index contributed by atoms with van der Waals surface area (Å²) >= 11 is 0. The summed E-state index contributed by atoms with van der Waals surface area (Å²) in [6, 6.07) is 34.4. The first kappa shape index (κ1) is 25.5. The van der Waals surface area contributed by atoms with Gasteiger partial charge in [0.05, 0.1) is 5.56 Å². The molecular weight excluding hydrogens is 490 g/mol. The topological polar surface area (TPSA) is 82.6 Å². The Bertz CT molecular complexity index is 1480. The second kappa shape index (κ2) is 12.9. The van der Waals surface area contributed by atoms with Gasteiger partial charge in [-0.1, -0.05) is 91.0 Å². The van der Waals surface area contributed by atoms with Crippen molar-refractivity contribution in [3.8, 4) is 17.2 Å². The summed E-state index contributed by atoms with van der Waals surface area (Å²) in [5, 5.41) is 2.74. The van der Waals surface area contributed by atoms with Gasteiger partial charge in [0.15, 0.2) is 11.5 Å². The van der Waals surface area contributed by atoms with E-state index in [1.54, 1.807) is 30.6 Å². The molecule has 0 spiro atoms. The van der Waals surface area contributed by atoms with Crippen molar-refractivity contribution < 1.29 is 19.0 Å². The Hall–Kier alpha value is -5.17. The summed E-state index contributed by atoms with van der Waals surface area (Å²) in [5.74, 6) is 0.836. The fourth-order valence-electron chi connectivity index (χ4n) is 3.84. The smallest absolute Gasteiger partial charge is 0.261 e. The van der Waals surface area contributed by atoms with Crippen LogP contribution in [0.15, 0.2) is 122 Å². The first-order valence-corrected chi connectivity index (χ1v) is 12.5. The van der Waals surface area contributed by atoms with Crippen LogP contribution in [0.1, 0.15) is 27.0 Å². The van der Waals surface area contributed by atoms with Crippen molar-refractivity contribution in [3.05, 3.63) is 144 Å². The summed E-state index contributed by atoms with van der Waals surface area (Å²) in [6.45, 7) is 0.813. The van der Waals surface area contributed by atoms with E-state index >= 15 is 0 Å². The Morgan fingerprint density at radius 1 is 0.564 bits per heavy atom. The summed E-state index contributed by atoms with van der Waals surface area (Å²) < 4.78 is 18.8. The van der Waals surface area contributed by atoms with Crippen LogP contribution in [-0.2, 0) is 19.8 Å². The van der Waals surface area contributed by atoms with E-state index in [1.807, 2.05) is 91.0 Å². The number of anilines is 1. The highest BCUT2D eigenvalue weighted by Gasteiger charge is 2.23. The molecule has 0 unspecified atom stereocenters. The molecule has 39 heavy (non-hydrogen) atoms. The van der Waals surface area contributed by atoms with Gasteiger partial charge in [0.25, 0.3) is 5.91 Å². The van der Waals surface area contributed by atoms with Crippen molar-refractivity contribution in [1.82, 2.24) is 9.97 Å². The minimum atomic E-state index is -0.427. The van der Waals surface area contributed by atoms with E-state index in [-0.39, 0.29) is 30.5 Å². The predicted molar refractivity (Wildman–Crippen MR) is 149 cm³/mol. The number of carbonyl (C=O) groups excluding carboxylic acids is 1. The van der Waals surface area contributed by atoms with E-state index in [4.69, 9.17) is 14.2 Å². The van der Waals surface area contributed by atoms with Gasteiger partial charge < -0.3 is 14.2 Å². The molecule has 0 saturated heterocycles. The number of aromatic nitrogens is 2. The van der Waals surface area contributed by atoms with Gasteiger partial charge in [0.2, 0.25) is 11.7 Å². The minimum Gasteiger partial charge on any atom is -0.485 e. The highest BCUT2D eigenvalue weighted by molar-refractivity contribution is 6.06. The van der Waals surface area contributed by atoms with Crippen LogP contribution in [0, 0.1) is 0 Å². The number of hydrogen-bond donors (Lipinski definition) is 1. The Kier molecular flexibility index (Phi) is 8.41. The molecule has 5 aromatic rings. The maximum Gasteiger partial charge on any atom is 0.261 e. The van der Waals surface area contributed by atoms with Crippen molar-refractivity contribution in [2.24, 2.45) is 0 Å². The van der Waals surface area contributed by atoms with Crippen LogP contribution in [0.25, 0.3) is 0 Å². The lowest BCUT2D eigenvalue weighted by Gasteiger charge is -2.20. The number of nitrogens with zero attached hydrogens (tertiary/aromatic N) is 2. The third-order valence-corrected chi connectivity index (χ3v) is 5.80. The van der Waals surface area contributed by atoms with E-state index in [0.29, 0.717) is 18.1 Å². The van der Waals surface area contributed by atoms with Crippen LogP contribution >= 0.6 is 0 Å². The highest BCUT2D eigenvalue weighted by atomic mass is 16.5. The second-order valence-electron chi connectivity index (χ2n) is 8.62. The zero-order chi connectivity index (χ0) is 26.7. The molecule has 5 rings (SSSR count). The van der Waals surface area contributed by atoms with E-state index in [0.717, 1.165) is 16.7 Å². The van der Waals surface area contributed by atoms with Crippen LogP contribution in [0.3, 0.4) is 0 Å². The molecule has 0 saturated carbocycles. The van der Waals surface area contributed by atoms with Gasteiger partial charge in [-0.25, -0.2) is 9.97 Å². The van der Waals surface area contributed by atoms with Crippen LogP contribution in [0.5, 0.6) is 17.2 Å². The number of ether oxygens (including phenoxy) is 3. The van der Waals surface area contributed by atoms with E-state index in [9.17, 15) is 4.79 Å². The lowest BCUT2D eigenvalue weighted by Crippen LogP contribution is -2.16. The summed E-state index contributed by atoms with van der Waals surface area (Å²) in [5.41, 5.74) is 3.18. The van der Waals surface area contributed by atoms with Crippen molar-refractivity contribution in [2.75, 3.05) is 5.32 Å². The molecular formula is C32H27N3O4. The van der Waals surface area contributed by atoms with Crippen molar-refractivity contribution in [3.63, 3.8) is 0 Å². The second-order valence-corrected chi connectivity index (χ2v) is 8.62. The molecule has 0 radical (unpaired) electrons. The summed E-state index contributed by atoms with van der Waals surface area (Å²) in [6.07, 6.45) is 3.12. The number of hydrogen-bond acceptors (Lipinski definition) is 6. The SMILES string of the molecule is O=C(Nc1ncccn1)c1ccc(OCc2ccccc2)c(OCc2ccccc2)c1OCc1ccccc1. The minimum absolute atomic E-state index is 0.188. The molecule has 1 heterocycles. The van der Waals surface area contributed by atoms with Gasteiger partial charge in [-0.05, 0) is 34.9 Å². The largest absolute Gasteiger partial charge is 0.485 e. The van der Waals surface area contributed by atoms with Crippen LogP contribution in [-0.4, -0.2) is 15.9 Å². The van der Waals surface area contributed by atoms with E-state index in [2.05, 4.69) is 15.3 Å². The molecule has 194 valence electrons. The van der Waals surface area contributed by atoms with Gasteiger partial charge in [-0.2, -0.15) is 0 Å². The molecule has 0 aliphatic carbocycles. The molecule has 0 atom stereocenters. The lowest BCUT2D eigenvalue weighted by molar-refractivity contribution is 0.102. The Balaban J connectivity index is 1.51. The number of rotatable bonds is 11. The third kappa shape index (κ3) is 6.99. The maximum absolute atomic E-state index is 13.4. The molecule has 0 aliphatic rings. The normalized spacial score (nSPS) is 10.5. The fraction of sp³-hybridized carbons (Fsp3) is 0.0938. The Morgan fingerprint density at radius 2 is 1.05 bits per heavy atom. The fourth-order valence-corrected chi connectivity index (χ4v) is 3.84. The third-order valence-electron chi connectivity index (χ3n) is 5.80. The van der Waals surface area contributed by atoms with Crippen LogP contribution < -0.4 is 19.5 Å². The van der Waals surface area contributed by atoms with Gasteiger partial charge in [-0.3, -0.25) is 10.1 Å². The standard InChI is InChI=1S/C32H27N3O4/c36-31(35-32-33-19-10-20-34-32)27-17-18-28(37-21-24-11-4-1-5-12-24)30(39-23-26-15-8-3-9-16-26)29(27)38-22-25-13-6-2-7-14-25/h1-20H,21-23H2,(H,33,34,35,36). The van der Waals surface area contributed by atoms with E-state index < -0.39 is 5.91 Å². The number of amides is 1. The van der Waals surface area contributed by atoms with E-state index in [1.165, 1.54) is 0 Å². The molecule has 0 fully saturated rings. The van der Waals surface area contributed by atoms with Crippen LogP contribution in [0.2, 0.25) is 0 Å². The van der Waals surface area contributed by atoms with Crippen molar-refractivity contribution >= 4 is 11.9 Å². The number of nitrogens with one attached hydrogen (secondary N) is 1. The summed E-state index contributed by atoms with van der Waals surface area (Å²) in [4.78, 5) is 21.6. The molecule has 0 bridgehead atoms. The zero-order valence-electron chi connectivity index (χ0n) is 21.2. The molecule has 7 heteroatoms. The Labute approximate surface area is 227 Å². The maximum atomic E-state index is 13.4. The lowest BCUT2D eigenvalue weighted by atomic mass is 10.1. The average Bonchev–Trinajstić information content (AvgIpc) is 3.00. The number of benzene rings is 4. The molecule has 1 aromatic heterocycles. The van der Waals surface area contributed by atoms with Crippen LogP contribution in [0.4, 0.5) is 5.95 Å². The van der Waals surface area contributed by atoms with Gasteiger partial charge in [0, 0.05) is 12.4 Å². The monoisotopic (exact) mass is 517 g/mol. The molecule has 1 N–H and O–H groups in total. The average molecular weight is 518 g/mol. The van der Waals surface area contributed by atoms with Crippen molar-refractivity contribution in [1.29, 1.82) is 0 Å². The molecule has 4 aromatic carbocycles. The summed E-state index contributed by atoms with van der Waals surface area (Å²) in [7, 11) is 0. The van der Waals surface area contributed by atoms with Gasteiger partial charge in [0.1, 0.15) is 19.8 Å². The molecule has 0 aliphatic heterocycles. The number of carbonyl (C=O) groups is 1. The molecule has 1 amide bonds.